The normalized spacial score (nSPS) is 14.8. The molecule has 144 valence electrons. The first-order valence-corrected chi connectivity index (χ1v) is 9.43. The van der Waals surface area contributed by atoms with Crippen LogP contribution in [0.3, 0.4) is 0 Å². The van der Waals surface area contributed by atoms with Crippen LogP contribution in [0.5, 0.6) is 0 Å². The second kappa shape index (κ2) is 7.82. The minimum Gasteiger partial charge on any atom is -0.456 e. The molecule has 1 amide bonds. The van der Waals surface area contributed by atoms with Gasteiger partial charge >= 0.3 is 0 Å². The van der Waals surface area contributed by atoms with Gasteiger partial charge in [0, 0.05) is 49.6 Å². The highest BCUT2D eigenvalue weighted by Gasteiger charge is 2.19. The molecule has 0 saturated carbocycles. The van der Waals surface area contributed by atoms with Gasteiger partial charge in [-0.1, -0.05) is 19.1 Å². The number of primary amides is 1. The Morgan fingerprint density at radius 2 is 2.25 bits per heavy atom. The molecular formula is C21H23N5O2. The molecule has 0 aromatic carbocycles. The third kappa shape index (κ3) is 3.75. The molecule has 0 fully saturated rings. The number of hydrogen-bond acceptors (Lipinski definition) is 5. The van der Waals surface area contributed by atoms with E-state index in [2.05, 4.69) is 21.1 Å². The number of carbonyl (C=O) groups is 1. The van der Waals surface area contributed by atoms with Crippen LogP contribution in [0.1, 0.15) is 40.8 Å². The maximum absolute atomic E-state index is 11.4. The van der Waals surface area contributed by atoms with Crippen molar-refractivity contribution in [1.82, 2.24) is 19.7 Å². The van der Waals surface area contributed by atoms with Crippen LogP contribution in [0, 0.1) is 0 Å². The number of aryl methyl sites for hydroxylation is 1. The van der Waals surface area contributed by atoms with E-state index in [9.17, 15) is 4.79 Å². The predicted octanol–water partition coefficient (Wildman–Crippen LogP) is 2.81. The number of rotatable bonds is 6. The van der Waals surface area contributed by atoms with E-state index in [1.165, 1.54) is 5.57 Å². The van der Waals surface area contributed by atoms with E-state index in [0.29, 0.717) is 0 Å². The number of amides is 1. The Morgan fingerprint density at radius 3 is 2.93 bits per heavy atom. The van der Waals surface area contributed by atoms with Crippen molar-refractivity contribution in [3.05, 3.63) is 71.6 Å². The number of hydrogen-bond donors (Lipinski definition) is 1. The molecule has 0 saturated heterocycles. The molecule has 1 aliphatic heterocycles. The fourth-order valence-corrected chi connectivity index (χ4v) is 3.48. The summed E-state index contributed by atoms with van der Waals surface area (Å²) in [6, 6.07) is 7.55. The van der Waals surface area contributed by atoms with Gasteiger partial charge in [-0.05, 0) is 30.2 Å². The van der Waals surface area contributed by atoms with Crippen LogP contribution in [0.15, 0.2) is 53.3 Å². The molecule has 0 radical (unpaired) electrons. The Kier molecular flexibility index (Phi) is 5.08. The van der Waals surface area contributed by atoms with Crippen molar-refractivity contribution < 1.29 is 9.21 Å². The molecule has 7 nitrogen and oxygen atoms in total. The topological polar surface area (TPSA) is 90.2 Å². The van der Waals surface area contributed by atoms with Gasteiger partial charge in [-0.2, -0.15) is 5.10 Å². The zero-order valence-corrected chi connectivity index (χ0v) is 15.8. The Labute approximate surface area is 163 Å². The lowest BCUT2D eigenvalue weighted by molar-refractivity contribution is 0.0972. The van der Waals surface area contributed by atoms with Gasteiger partial charge in [-0.15, -0.1) is 0 Å². The van der Waals surface area contributed by atoms with Gasteiger partial charge in [0.1, 0.15) is 5.76 Å². The average Bonchev–Trinajstić information content (AvgIpc) is 3.37. The first-order chi connectivity index (χ1) is 13.6. The van der Waals surface area contributed by atoms with Crippen molar-refractivity contribution in [3.8, 4) is 5.82 Å². The molecule has 7 heteroatoms. The Bertz CT molecular complexity index is 1000. The monoisotopic (exact) mass is 377 g/mol. The summed E-state index contributed by atoms with van der Waals surface area (Å²) in [5.41, 5.74) is 8.80. The van der Waals surface area contributed by atoms with Gasteiger partial charge < -0.3 is 10.2 Å². The molecule has 4 rings (SSSR count). The average molecular weight is 377 g/mol. The first-order valence-electron chi connectivity index (χ1n) is 9.43. The van der Waals surface area contributed by atoms with Crippen molar-refractivity contribution in [2.24, 2.45) is 5.73 Å². The third-order valence-corrected chi connectivity index (χ3v) is 4.99. The van der Waals surface area contributed by atoms with Gasteiger partial charge in [0.25, 0.3) is 5.91 Å². The van der Waals surface area contributed by atoms with Gasteiger partial charge in [0.2, 0.25) is 0 Å². The van der Waals surface area contributed by atoms with Crippen molar-refractivity contribution in [2.45, 2.75) is 26.3 Å². The number of carbonyl (C=O) groups excluding carboxylic acids is 1. The Balaban J connectivity index is 1.44. The lowest BCUT2D eigenvalue weighted by Crippen LogP contribution is -2.28. The molecule has 2 N–H and O–H groups in total. The second-order valence-electron chi connectivity index (χ2n) is 6.85. The van der Waals surface area contributed by atoms with Crippen molar-refractivity contribution in [1.29, 1.82) is 0 Å². The lowest BCUT2D eigenvalue weighted by atomic mass is 10.0. The van der Waals surface area contributed by atoms with Crippen LogP contribution in [0.2, 0.25) is 0 Å². The lowest BCUT2D eigenvalue weighted by Gasteiger charge is -2.25. The standard InChI is InChI=1S/C21H23N5O2/c1-2-18-16(11-19(28-18)21(22)27)13-25-9-6-15(7-10-25)17-12-24-26(14-17)20-5-3-4-8-23-20/h3-6,8,11-12,14H,2,7,9-10,13H2,1H3,(H2,22,27). The third-order valence-electron chi connectivity index (χ3n) is 4.99. The van der Waals surface area contributed by atoms with Crippen molar-refractivity contribution in [2.75, 3.05) is 13.1 Å². The molecule has 0 bridgehead atoms. The zero-order chi connectivity index (χ0) is 19.5. The summed E-state index contributed by atoms with van der Waals surface area (Å²) in [7, 11) is 0. The molecule has 0 spiro atoms. The largest absolute Gasteiger partial charge is 0.456 e. The van der Waals surface area contributed by atoms with Gasteiger partial charge in [0.15, 0.2) is 11.6 Å². The molecular weight excluding hydrogens is 354 g/mol. The smallest absolute Gasteiger partial charge is 0.284 e. The molecule has 0 unspecified atom stereocenters. The summed E-state index contributed by atoms with van der Waals surface area (Å²) in [6.07, 6.45) is 9.59. The van der Waals surface area contributed by atoms with Crippen LogP contribution >= 0.6 is 0 Å². The van der Waals surface area contributed by atoms with Crippen molar-refractivity contribution in [3.63, 3.8) is 0 Å². The summed E-state index contributed by atoms with van der Waals surface area (Å²) >= 11 is 0. The van der Waals surface area contributed by atoms with E-state index in [-0.39, 0.29) is 5.76 Å². The quantitative estimate of drug-likeness (QED) is 0.713. The number of nitrogens with two attached hydrogens (primary N) is 1. The summed E-state index contributed by atoms with van der Waals surface area (Å²) in [4.78, 5) is 18.0. The van der Waals surface area contributed by atoms with Gasteiger partial charge in [-0.3, -0.25) is 9.69 Å². The van der Waals surface area contributed by atoms with E-state index < -0.39 is 5.91 Å². The van der Waals surface area contributed by atoms with E-state index >= 15 is 0 Å². The number of pyridine rings is 1. The molecule has 1 aliphatic rings. The molecule has 0 atom stereocenters. The minimum atomic E-state index is -0.522. The highest BCUT2D eigenvalue weighted by Crippen LogP contribution is 2.25. The fourth-order valence-electron chi connectivity index (χ4n) is 3.48. The molecule has 4 heterocycles. The highest BCUT2D eigenvalue weighted by atomic mass is 16.3. The second-order valence-corrected chi connectivity index (χ2v) is 6.85. The molecule has 3 aromatic heterocycles. The van der Waals surface area contributed by atoms with Crippen molar-refractivity contribution >= 4 is 11.5 Å². The van der Waals surface area contributed by atoms with Crippen LogP contribution in [0.25, 0.3) is 11.4 Å². The zero-order valence-electron chi connectivity index (χ0n) is 15.8. The molecule has 3 aromatic rings. The van der Waals surface area contributed by atoms with Crippen LogP contribution < -0.4 is 5.73 Å². The summed E-state index contributed by atoms with van der Waals surface area (Å²) in [5, 5.41) is 4.43. The maximum Gasteiger partial charge on any atom is 0.284 e. The van der Waals surface area contributed by atoms with Crippen LogP contribution in [-0.4, -0.2) is 38.7 Å². The number of nitrogens with zero attached hydrogens (tertiary/aromatic N) is 4. The van der Waals surface area contributed by atoms with Gasteiger partial charge in [0.05, 0.1) is 6.20 Å². The molecule has 28 heavy (non-hydrogen) atoms. The summed E-state index contributed by atoms with van der Waals surface area (Å²) in [6.45, 7) is 4.53. The Hall–Kier alpha value is -3.19. The van der Waals surface area contributed by atoms with E-state index in [0.717, 1.165) is 55.2 Å². The Morgan fingerprint density at radius 1 is 1.36 bits per heavy atom. The maximum atomic E-state index is 11.4. The fraction of sp³-hybridized carbons (Fsp3) is 0.286. The SMILES string of the molecule is CCc1oc(C(N)=O)cc1CN1CC=C(c2cnn(-c3ccccn3)c2)CC1. The first kappa shape index (κ1) is 18.2. The minimum absolute atomic E-state index is 0.238. The summed E-state index contributed by atoms with van der Waals surface area (Å²) in [5.74, 6) is 1.36. The van der Waals surface area contributed by atoms with E-state index in [4.69, 9.17) is 10.2 Å². The van der Waals surface area contributed by atoms with E-state index in [1.807, 2.05) is 37.5 Å². The molecule has 0 aliphatic carbocycles. The predicted molar refractivity (Wildman–Crippen MR) is 106 cm³/mol. The van der Waals surface area contributed by atoms with Crippen LogP contribution in [0.4, 0.5) is 0 Å². The highest BCUT2D eigenvalue weighted by molar-refractivity contribution is 5.90. The number of aromatic nitrogens is 3. The van der Waals surface area contributed by atoms with Crippen LogP contribution in [-0.2, 0) is 13.0 Å². The van der Waals surface area contributed by atoms with E-state index in [1.54, 1.807) is 16.9 Å². The number of furan rings is 1. The van der Waals surface area contributed by atoms with Gasteiger partial charge in [-0.25, -0.2) is 9.67 Å². The summed E-state index contributed by atoms with van der Waals surface area (Å²) < 4.78 is 7.37.